The molecule has 0 radical (unpaired) electrons. The second kappa shape index (κ2) is 15.9. The molecule has 250 valence electrons. The number of hydrogen-bond donors (Lipinski definition) is 2. The van der Waals surface area contributed by atoms with Crippen LogP contribution in [0.15, 0.2) is 66.6 Å². The smallest absolute Gasteiger partial charge is 0.252 e. The number of nitrogens with one attached hydrogen (secondary N) is 1. The third-order valence-electron chi connectivity index (χ3n) is 7.93. The van der Waals surface area contributed by atoms with Gasteiger partial charge in [-0.2, -0.15) is 5.10 Å². The normalized spacial score (nSPS) is 14.8. The third kappa shape index (κ3) is 8.30. The first kappa shape index (κ1) is 34.0. The zero-order valence-electron chi connectivity index (χ0n) is 26.9. The van der Waals surface area contributed by atoms with Crippen LogP contribution in [0.1, 0.15) is 19.8 Å². The van der Waals surface area contributed by atoms with Crippen molar-refractivity contribution in [2.24, 2.45) is 0 Å². The highest BCUT2D eigenvalue weighted by Gasteiger charge is 2.32. The minimum atomic E-state index is -0.552. The Morgan fingerprint density at radius 3 is 2.75 bits per heavy atom. The van der Waals surface area contributed by atoms with Crippen LogP contribution in [-0.4, -0.2) is 93.8 Å². The van der Waals surface area contributed by atoms with Gasteiger partial charge < -0.3 is 30.3 Å². The van der Waals surface area contributed by atoms with E-state index in [0.717, 1.165) is 6.42 Å². The Balaban J connectivity index is 1.29. The fourth-order valence-corrected chi connectivity index (χ4v) is 5.50. The van der Waals surface area contributed by atoms with Gasteiger partial charge in [-0.05, 0) is 44.2 Å². The van der Waals surface area contributed by atoms with Crippen molar-refractivity contribution < 1.29 is 23.5 Å². The maximum absolute atomic E-state index is 15.6. The summed E-state index contributed by atoms with van der Waals surface area (Å²) in [4.78, 5) is 40.2. The lowest BCUT2D eigenvalue weighted by atomic mass is 10.1. The van der Waals surface area contributed by atoms with E-state index in [-0.39, 0.29) is 47.2 Å². The van der Waals surface area contributed by atoms with E-state index in [9.17, 15) is 9.59 Å². The van der Waals surface area contributed by atoms with Gasteiger partial charge in [-0.15, -0.1) is 0 Å². The summed E-state index contributed by atoms with van der Waals surface area (Å²) in [6, 6.07) is 13.4. The molecule has 0 unspecified atom stereocenters. The van der Waals surface area contributed by atoms with Crippen LogP contribution in [0, 0.1) is 12.4 Å². The molecule has 2 aromatic heterocycles. The zero-order chi connectivity index (χ0) is 34.0. The SMILES string of the molecule is [C-]#[N+]/C(=C\CN(C)CCOCCNC(C)=O)C(=O)N1CCC[C@H]1Cn1nc(-c2ccc(Oc3ccccc3)cc2F)c2c(N)ncnc21. The molecule has 1 atom stereocenters. The number of para-hydroxylation sites is 1. The van der Waals surface area contributed by atoms with Gasteiger partial charge in [0.15, 0.2) is 5.65 Å². The van der Waals surface area contributed by atoms with Crippen LogP contribution in [0.25, 0.3) is 27.1 Å². The van der Waals surface area contributed by atoms with Gasteiger partial charge in [-0.1, -0.05) is 24.3 Å². The van der Waals surface area contributed by atoms with E-state index in [4.69, 9.17) is 26.9 Å². The molecule has 0 bridgehead atoms. The standard InChI is InChI=1S/C34H38FN9O4/c1-23(45)38-14-18-47-19-17-42(3)16-13-29(37-2)34(46)43-15-7-8-24(43)21-44-33-30(32(36)39-22-40-33)31(41-44)27-12-11-26(20-28(27)35)48-25-9-5-4-6-10-25/h4-6,9-13,20,22,24H,7-8,14-19,21H2,1,3H3,(H,38,45)(H2,36,39,40)/b29-13-/t24-/m0/s1. The second-order valence-electron chi connectivity index (χ2n) is 11.4. The van der Waals surface area contributed by atoms with Gasteiger partial charge in [0.05, 0.1) is 37.8 Å². The predicted octanol–water partition coefficient (Wildman–Crippen LogP) is 3.89. The van der Waals surface area contributed by atoms with Gasteiger partial charge in [0.2, 0.25) is 11.6 Å². The molecule has 48 heavy (non-hydrogen) atoms. The third-order valence-corrected chi connectivity index (χ3v) is 7.93. The highest BCUT2D eigenvalue weighted by Crippen LogP contribution is 2.35. The minimum absolute atomic E-state index is 0.0396. The van der Waals surface area contributed by atoms with Crippen LogP contribution in [0.5, 0.6) is 11.5 Å². The molecule has 3 heterocycles. The van der Waals surface area contributed by atoms with Crippen molar-refractivity contribution in [1.29, 1.82) is 0 Å². The Bertz CT molecular complexity index is 1820. The van der Waals surface area contributed by atoms with Crippen molar-refractivity contribution in [2.45, 2.75) is 32.4 Å². The summed E-state index contributed by atoms with van der Waals surface area (Å²) in [6.07, 6.45) is 4.42. The molecule has 0 spiro atoms. The zero-order valence-corrected chi connectivity index (χ0v) is 26.9. The largest absolute Gasteiger partial charge is 0.457 e. The molecule has 13 nitrogen and oxygen atoms in total. The van der Waals surface area contributed by atoms with E-state index < -0.39 is 5.82 Å². The van der Waals surface area contributed by atoms with Gasteiger partial charge in [-0.3, -0.25) is 9.59 Å². The van der Waals surface area contributed by atoms with Crippen LogP contribution in [0.2, 0.25) is 0 Å². The summed E-state index contributed by atoms with van der Waals surface area (Å²) in [5.74, 6) is 0.0629. The lowest BCUT2D eigenvalue weighted by Crippen LogP contribution is -2.39. The van der Waals surface area contributed by atoms with E-state index in [1.807, 2.05) is 30.1 Å². The number of carbonyl (C=O) groups excluding carboxylic acids is 2. The van der Waals surface area contributed by atoms with Crippen molar-refractivity contribution in [1.82, 2.24) is 34.9 Å². The highest BCUT2D eigenvalue weighted by atomic mass is 19.1. The van der Waals surface area contributed by atoms with E-state index in [2.05, 4.69) is 20.1 Å². The summed E-state index contributed by atoms with van der Waals surface area (Å²) >= 11 is 0. The molecule has 1 saturated heterocycles. The number of nitrogen functional groups attached to an aromatic ring is 1. The topological polar surface area (TPSA) is 145 Å². The lowest BCUT2D eigenvalue weighted by molar-refractivity contribution is -0.127. The molecule has 4 aromatic rings. The Kier molecular flexibility index (Phi) is 11.3. The molecule has 1 aliphatic heterocycles. The van der Waals surface area contributed by atoms with Gasteiger partial charge in [-0.25, -0.2) is 23.9 Å². The number of hydrogen-bond acceptors (Lipinski definition) is 9. The summed E-state index contributed by atoms with van der Waals surface area (Å²) in [5.41, 5.74) is 7.22. The Hall–Kier alpha value is -5.39. The highest BCUT2D eigenvalue weighted by molar-refractivity contribution is 5.98. The molecule has 0 aliphatic carbocycles. The monoisotopic (exact) mass is 655 g/mol. The number of amides is 2. The summed E-state index contributed by atoms with van der Waals surface area (Å²) in [6.45, 7) is 12.2. The Labute approximate surface area is 278 Å². The first-order chi connectivity index (χ1) is 23.2. The average Bonchev–Trinajstić information content (AvgIpc) is 3.69. The summed E-state index contributed by atoms with van der Waals surface area (Å²) < 4.78 is 28.5. The van der Waals surface area contributed by atoms with Gasteiger partial charge in [0.25, 0.3) is 5.91 Å². The lowest BCUT2D eigenvalue weighted by Gasteiger charge is -2.25. The van der Waals surface area contributed by atoms with Crippen LogP contribution < -0.4 is 15.8 Å². The Morgan fingerprint density at radius 1 is 1.19 bits per heavy atom. The number of fused-ring (bicyclic) bond motifs is 1. The molecule has 1 fully saturated rings. The number of benzene rings is 2. The van der Waals surface area contributed by atoms with Crippen molar-refractivity contribution in [3.63, 3.8) is 0 Å². The first-order valence-corrected chi connectivity index (χ1v) is 15.6. The average molecular weight is 656 g/mol. The quantitative estimate of drug-likeness (QED) is 0.117. The molecule has 3 N–H and O–H groups in total. The Morgan fingerprint density at radius 2 is 2.00 bits per heavy atom. The number of likely N-dealkylation sites (tertiary alicyclic amines) is 1. The van der Waals surface area contributed by atoms with Crippen LogP contribution in [0.3, 0.4) is 0 Å². The maximum atomic E-state index is 15.6. The second-order valence-corrected chi connectivity index (χ2v) is 11.4. The van der Waals surface area contributed by atoms with Gasteiger partial charge >= 0.3 is 0 Å². The molecule has 2 aromatic carbocycles. The van der Waals surface area contributed by atoms with Crippen molar-refractivity contribution >= 4 is 28.7 Å². The first-order valence-electron chi connectivity index (χ1n) is 15.6. The van der Waals surface area contributed by atoms with Gasteiger partial charge in [0, 0.05) is 44.7 Å². The van der Waals surface area contributed by atoms with E-state index in [1.165, 1.54) is 19.3 Å². The number of rotatable bonds is 14. The fraction of sp³-hybridized carbons (Fsp3) is 0.353. The maximum Gasteiger partial charge on any atom is 0.252 e. The predicted molar refractivity (Wildman–Crippen MR) is 178 cm³/mol. The number of likely N-dealkylation sites (N-methyl/N-ethyl adjacent to an activating group) is 1. The van der Waals surface area contributed by atoms with Gasteiger partial charge in [0.1, 0.15) is 35.2 Å². The number of carbonyl (C=O) groups is 2. The number of halogens is 1. The number of aromatic nitrogens is 4. The van der Waals surface area contributed by atoms with Crippen LogP contribution >= 0.6 is 0 Å². The molecule has 14 heteroatoms. The number of ether oxygens (including phenoxy) is 2. The van der Waals surface area contributed by atoms with E-state index >= 15 is 4.39 Å². The van der Waals surface area contributed by atoms with Crippen LogP contribution in [-0.2, 0) is 20.9 Å². The van der Waals surface area contributed by atoms with Crippen LogP contribution in [0.4, 0.5) is 10.2 Å². The van der Waals surface area contributed by atoms with Crippen molar-refractivity contribution in [2.75, 3.05) is 52.2 Å². The van der Waals surface area contributed by atoms with Crippen molar-refractivity contribution in [3.8, 4) is 22.8 Å². The van der Waals surface area contributed by atoms with E-state index in [0.29, 0.717) is 68.3 Å². The summed E-state index contributed by atoms with van der Waals surface area (Å²) in [5, 5.41) is 7.81. The number of anilines is 1. The molecule has 0 saturated carbocycles. The van der Waals surface area contributed by atoms with E-state index in [1.54, 1.807) is 39.9 Å². The molecular formula is C34H38FN9O4. The minimum Gasteiger partial charge on any atom is -0.457 e. The van der Waals surface area contributed by atoms with Crippen molar-refractivity contribution in [3.05, 3.63) is 83.9 Å². The molecule has 2 amide bonds. The summed E-state index contributed by atoms with van der Waals surface area (Å²) in [7, 11) is 1.87. The molecule has 5 rings (SSSR count). The number of nitrogens with zero attached hydrogens (tertiary/aromatic N) is 7. The fourth-order valence-electron chi connectivity index (χ4n) is 5.50. The molecule has 1 aliphatic rings. The number of nitrogens with two attached hydrogens (primary N) is 1. The molecular weight excluding hydrogens is 617 g/mol.